The van der Waals surface area contributed by atoms with Gasteiger partial charge < -0.3 is 5.11 Å². The van der Waals surface area contributed by atoms with E-state index in [0.717, 1.165) is 60.2 Å². The standard InChI is InChI=1S/C21H34O/c22-15-6-9-17-14(12-15)5-8-21-19(17)11-10-18-16-3-1-2-13(16)4-7-20(18)21/h13-22H,1-12H2. The number of hydrogen-bond acceptors (Lipinski definition) is 1. The first kappa shape index (κ1) is 14.3. The first-order chi connectivity index (χ1) is 10.8. The van der Waals surface area contributed by atoms with E-state index >= 15 is 0 Å². The van der Waals surface area contributed by atoms with Crippen LogP contribution in [0, 0.1) is 47.3 Å². The largest absolute Gasteiger partial charge is 0.393 e. The molecule has 0 saturated heterocycles. The van der Waals surface area contributed by atoms with E-state index in [4.69, 9.17) is 0 Å². The maximum absolute atomic E-state index is 10.0. The molecule has 5 aliphatic rings. The molecule has 5 aliphatic carbocycles. The van der Waals surface area contributed by atoms with Crippen molar-refractivity contribution in [3.8, 4) is 0 Å². The average Bonchev–Trinajstić information content (AvgIpc) is 3.02. The number of fused-ring (bicyclic) bond motifs is 7. The van der Waals surface area contributed by atoms with Gasteiger partial charge in [-0.25, -0.2) is 0 Å². The summed E-state index contributed by atoms with van der Waals surface area (Å²) < 4.78 is 0. The second-order valence-electron chi connectivity index (χ2n) is 9.63. The summed E-state index contributed by atoms with van der Waals surface area (Å²) in [7, 11) is 0. The lowest BCUT2D eigenvalue weighted by Gasteiger charge is -2.56. The summed E-state index contributed by atoms with van der Waals surface area (Å²) in [6, 6.07) is 0. The molecular weight excluding hydrogens is 268 g/mol. The quantitative estimate of drug-likeness (QED) is 0.665. The van der Waals surface area contributed by atoms with Gasteiger partial charge in [0.05, 0.1) is 6.10 Å². The molecule has 1 N–H and O–H groups in total. The van der Waals surface area contributed by atoms with Gasteiger partial charge in [-0.3, -0.25) is 0 Å². The van der Waals surface area contributed by atoms with Crippen LogP contribution in [-0.2, 0) is 0 Å². The SMILES string of the molecule is OC1CCC2C(CCC3C2CCC2C4CCCC4CCC23)C1. The van der Waals surface area contributed by atoms with Crippen molar-refractivity contribution >= 4 is 0 Å². The molecule has 0 heterocycles. The highest BCUT2D eigenvalue weighted by Crippen LogP contribution is 2.60. The van der Waals surface area contributed by atoms with Gasteiger partial charge in [-0.1, -0.05) is 12.8 Å². The third-order valence-corrected chi connectivity index (χ3v) is 9.06. The Morgan fingerprint density at radius 1 is 0.455 bits per heavy atom. The molecule has 5 saturated carbocycles. The predicted octanol–water partition coefficient (Wildman–Crippen LogP) is 5.03. The Morgan fingerprint density at radius 2 is 1.00 bits per heavy atom. The minimum atomic E-state index is 0.0306. The summed E-state index contributed by atoms with van der Waals surface area (Å²) in [4.78, 5) is 0. The monoisotopic (exact) mass is 302 g/mol. The van der Waals surface area contributed by atoms with Crippen molar-refractivity contribution in [2.24, 2.45) is 47.3 Å². The zero-order chi connectivity index (χ0) is 14.7. The third-order valence-electron chi connectivity index (χ3n) is 9.06. The molecule has 0 aromatic heterocycles. The van der Waals surface area contributed by atoms with Gasteiger partial charge in [0.2, 0.25) is 0 Å². The van der Waals surface area contributed by atoms with E-state index in [-0.39, 0.29) is 6.10 Å². The molecule has 9 atom stereocenters. The first-order valence-electron chi connectivity index (χ1n) is 10.5. The van der Waals surface area contributed by atoms with Gasteiger partial charge in [0.1, 0.15) is 0 Å². The fourth-order valence-corrected chi connectivity index (χ4v) is 8.33. The highest BCUT2D eigenvalue weighted by molar-refractivity contribution is 5.02. The van der Waals surface area contributed by atoms with Gasteiger partial charge in [-0.15, -0.1) is 0 Å². The van der Waals surface area contributed by atoms with Crippen LogP contribution in [0.25, 0.3) is 0 Å². The molecule has 1 nitrogen and oxygen atoms in total. The van der Waals surface area contributed by atoms with Crippen LogP contribution in [0.3, 0.4) is 0 Å². The Balaban J connectivity index is 1.36. The second-order valence-corrected chi connectivity index (χ2v) is 9.63. The first-order valence-corrected chi connectivity index (χ1v) is 10.5. The molecular formula is C21H34O. The maximum Gasteiger partial charge on any atom is 0.0543 e. The lowest BCUT2D eigenvalue weighted by molar-refractivity contribution is -0.0795. The van der Waals surface area contributed by atoms with Crippen LogP contribution in [0.15, 0.2) is 0 Å². The van der Waals surface area contributed by atoms with Crippen LogP contribution in [0.4, 0.5) is 0 Å². The summed E-state index contributed by atoms with van der Waals surface area (Å²) in [5.74, 6) is 8.47. The predicted molar refractivity (Wildman–Crippen MR) is 89.3 cm³/mol. The molecule has 0 aromatic rings. The Labute approximate surface area is 136 Å². The van der Waals surface area contributed by atoms with Gasteiger partial charge in [0.15, 0.2) is 0 Å². The molecule has 1 heteroatoms. The lowest BCUT2D eigenvalue weighted by atomic mass is 9.49. The van der Waals surface area contributed by atoms with E-state index in [1.807, 2.05) is 0 Å². The fraction of sp³-hybridized carbons (Fsp3) is 1.00. The molecule has 0 aliphatic heterocycles. The Kier molecular flexibility index (Phi) is 3.58. The molecule has 0 spiro atoms. The topological polar surface area (TPSA) is 20.2 Å². The smallest absolute Gasteiger partial charge is 0.0543 e. The van der Waals surface area contributed by atoms with Gasteiger partial charge in [0.25, 0.3) is 0 Å². The third kappa shape index (κ3) is 2.14. The van der Waals surface area contributed by atoms with Crippen molar-refractivity contribution in [3.05, 3.63) is 0 Å². The highest BCUT2D eigenvalue weighted by Gasteiger charge is 2.52. The summed E-state index contributed by atoms with van der Waals surface area (Å²) in [6.45, 7) is 0. The Morgan fingerprint density at radius 3 is 1.77 bits per heavy atom. The zero-order valence-corrected chi connectivity index (χ0v) is 14.1. The number of aliphatic hydroxyl groups excluding tert-OH is 1. The lowest BCUT2D eigenvalue weighted by Crippen LogP contribution is -2.49. The second kappa shape index (κ2) is 5.50. The van der Waals surface area contributed by atoms with Crippen LogP contribution in [0.2, 0.25) is 0 Å². The van der Waals surface area contributed by atoms with Crippen molar-refractivity contribution in [3.63, 3.8) is 0 Å². The molecule has 0 bridgehead atoms. The van der Waals surface area contributed by atoms with Gasteiger partial charge in [-0.2, -0.15) is 0 Å². The van der Waals surface area contributed by atoms with Crippen molar-refractivity contribution in [1.29, 1.82) is 0 Å². The minimum Gasteiger partial charge on any atom is -0.393 e. The van der Waals surface area contributed by atoms with Crippen LogP contribution in [0.1, 0.15) is 77.0 Å². The van der Waals surface area contributed by atoms with Gasteiger partial charge >= 0.3 is 0 Å². The van der Waals surface area contributed by atoms with Crippen molar-refractivity contribution in [1.82, 2.24) is 0 Å². The molecule has 124 valence electrons. The molecule has 5 fully saturated rings. The van der Waals surface area contributed by atoms with Crippen LogP contribution < -0.4 is 0 Å². The summed E-state index contributed by atoms with van der Waals surface area (Å²) in [5, 5.41) is 10.0. The Bertz CT molecular complexity index is 418. The van der Waals surface area contributed by atoms with E-state index < -0.39 is 0 Å². The Hall–Kier alpha value is -0.0400. The van der Waals surface area contributed by atoms with Crippen LogP contribution in [0.5, 0.6) is 0 Å². The maximum atomic E-state index is 10.0. The van der Waals surface area contributed by atoms with E-state index in [9.17, 15) is 5.11 Å². The number of hydrogen-bond donors (Lipinski definition) is 1. The zero-order valence-electron chi connectivity index (χ0n) is 14.1. The van der Waals surface area contributed by atoms with Crippen molar-refractivity contribution < 1.29 is 5.11 Å². The number of rotatable bonds is 0. The van der Waals surface area contributed by atoms with Crippen LogP contribution >= 0.6 is 0 Å². The molecule has 5 rings (SSSR count). The minimum absolute atomic E-state index is 0.0306. The molecule has 0 radical (unpaired) electrons. The normalized spacial score (nSPS) is 57.4. The van der Waals surface area contributed by atoms with E-state index in [1.165, 1.54) is 25.7 Å². The summed E-state index contributed by atoms with van der Waals surface area (Å²) in [5.41, 5.74) is 0. The van der Waals surface area contributed by atoms with Crippen LogP contribution in [-0.4, -0.2) is 11.2 Å². The van der Waals surface area contributed by atoms with E-state index in [2.05, 4.69) is 0 Å². The summed E-state index contributed by atoms with van der Waals surface area (Å²) in [6.07, 6.45) is 17.5. The molecule has 9 unspecified atom stereocenters. The molecule has 0 amide bonds. The highest BCUT2D eigenvalue weighted by atomic mass is 16.3. The van der Waals surface area contributed by atoms with E-state index in [0.29, 0.717) is 0 Å². The summed E-state index contributed by atoms with van der Waals surface area (Å²) >= 11 is 0. The molecule has 0 aromatic carbocycles. The average molecular weight is 303 g/mol. The van der Waals surface area contributed by atoms with Gasteiger partial charge in [0, 0.05) is 0 Å². The van der Waals surface area contributed by atoms with Gasteiger partial charge in [-0.05, 0) is 112 Å². The van der Waals surface area contributed by atoms with Crippen molar-refractivity contribution in [2.75, 3.05) is 0 Å². The molecule has 22 heavy (non-hydrogen) atoms. The van der Waals surface area contributed by atoms with E-state index in [1.54, 1.807) is 38.5 Å². The van der Waals surface area contributed by atoms with Crippen molar-refractivity contribution in [2.45, 2.75) is 83.2 Å². The fourth-order valence-electron chi connectivity index (χ4n) is 8.33. The number of aliphatic hydroxyl groups is 1.